The maximum absolute atomic E-state index is 12.8. The number of aryl methyl sites for hydroxylation is 1. The van der Waals surface area contributed by atoms with Gasteiger partial charge in [0.2, 0.25) is 5.76 Å². The average Bonchev–Trinajstić information content (AvgIpc) is 3.25. The van der Waals surface area contributed by atoms with Crippen molar-refractivity contribution in [3.05, 3.63) is 46.8 Å². The summed E-state index contributed by atoms with van der Waals surface area (Å²) in [6.07, 6.45) is 1.77. The summed E-state index contributed by atoms with van der Waals surface area (Å²) in [5.41, 5.74) is 0.442. The molecule has 0 saturated carbocycles. The third-order valence-corrected chi connectivity index (χ3v) is 4.07. The van der Waals surface area contributed by atoms with Crippen LogP contribution in [0, 0.1) is 18.3 Å². The smallest absolute Gasteiger partial charge is 0.258 e. The molecule has 6 nitrogen and oxygen atoms in total. The van der Waals surface area contributed by atoms with E-state index in [2.05, 4.69) is 0 Å². The fraction of sp³-hybridized carbons (Fsp3) is 0.412. The second-order valence-electron chi connectivity index (χ2n) is 5.59. The zero-order valence-corrected chi connectivity index (χ0v) is 13.2. The van der Waals surface area contributed by atoms with Gasteiger partial charge in [-0.05, 0) is 31.9 Å². The van der Waals surface area contributed by atoms with Crippen molar-refractivity contribution in [2.24, 2.45) is 0 Å². The van der Waals surface area contributed by atoms with Gasteiger partial charge in [-0.3, -0.25) is 4.79 Å². The van der Waals surface area contributed by atoms with Gasteiger partial charge in [-0.25, -0.2) is 0 Å². The first-order valence-corrected chi connectivity index (χ1v) is 7.53. The van der Waals surface area contributed by atoms with Gasteiger partial charge in [0.15, 0.2) is 0 Å². The monoisotopic (exact) mass is 314 g/mol. The Morgan fingerprint density at radius 2 is 2.30 bits per heavy atom. The number of amides is 1. The van der Waals surface area contributed by atoms with E-state index < -0.39 is 0 Å². The lowest BCUT2D eigenvalue weighted by molar-refractivity contribution is 0.0714. The van der Waals surface area contributed by atoms with Crippen molar-refractivity contribution in [2.45, 2.75) is 32.4 Å². The number of hydrogen-bond donors (Lipinski definition) is 0. The largest absolute Gasteiger partial charge is 0.461 e. The molecule has 0 aromatic carbocycles. The van der Waals surface area contributed by atoms with Crippen LogP contribution in [0.4, 0.5) is 0 Å². The molecule has 3 heterocycles. The van der Waals surface area contributed by atoms with Gasteiger partial charge in [0.05, 0.1) is 11.6 Å². The molecule has 120 valence electrons. The number of hydrogen-bond acceptors (Lipinski definition) is 5. The summed E-state index contributed by atoms with van der Waals surface area (Å²) < 4.78 is 16.1. The van der Waals surface area contributed by atoms with E-state index in [0.717, 1.165) is 24.4 Å². The van der Waals surface area contributed by atoms with Crippen LogP contribution in [0.1, 0.15) is 52.3 Å². The lowest BCUT2D eigenvalue weighted by atomic mass is 10.1. The second-order valence-corrected chi connectivity index (χ2v) is 5.59. The number of ether oxygens (including phenoxy) is 1. The lowest BCUT2D eigenvalue weighted by Gasteiger charge is -2.22. The number of furan rings is 2. The van der Waals surface area contributed by atoms with Crippen LogP contribution in [0.2, 0.25) is 0 Å². The number of nitrogens with zero attached hydrogens (tertiary/aromatic N) is 2. The highest BCUT2D eigenvalue weighted by atomic mass is 16.5. The molecule has 1 fully saturated rings. The fourth-order valence-electron chi connectivity index (χ4n) is 3.00. The van der Waals surface area contributed by atoms with E-state index in [1.807, 2.05) is 18.2 Å². The van der Waals surface area contributed by atoms with E-state index in [0.29, 0.717) is 24.5 Å². The Labute approximate surface area is 134 Å². The molecule has 3 rings (SSSR count). The predicted octanol–water partition coefficient (Wildman–Crippen LogP) is 3.18. The first-order chi connectivity index (χ1) is 11.1. The molecule has 1 aliphatic heterocycles. The maximum Gasteiger partial charge on any atom is 0.258 e. The normalized spacial score (nSPS) is 17.4. The average molecular weight is 314 g/mol. The molecule has 2 aromatic rings. The molecule has 6 heteroatoms. The minimum absolute atomic E-state index is 0.0899. The van der Waals surface area contributed by atoms with E-state index in [1.165, 1.54) is 6.07 Å². The highest BCUT2D eigenvalue weighted by molar-refractivity contribution is 5.95. The van der Waals surface area contributed by atoms with Crippen LogP contribution in [-0.4, -0.2) is 24.5 Å². The summed E-state index contributed by atoms with van der Waals surface area (Å²) in [5.74, 6) is 2.01. The Balaban J connectivity index is 1.84. The van der Waals surface area contributed by atoms with E-state index in [4.69, 9.17) is 18.8 Å². The minimum Gasteiger partial charge on any atom is -0.461 e. The van der Waals surface area contributed by atoms with Gasteiger partial charge in [-0.2, -0.15) is 5.26 Å². The number of carbonyl (C=O) groups excluding carboxylic acids is 1. The summed E-state index contributed by atoms with van der Waals surface area (Å²) >= 11 is 0. The molecular weight excluding hydrogens is 296 g/mol. The molecule has 0 aliphatic carbocycles. The summed E-state index contributed by atoms with van der Waals surface area (Å²) in [7, 11) is 1.61. The van der Waals surface area contributed by atoms with Crippen molar-refractivity contribution in [3.63, 3.8) is 0 Å². The quantitative estimate of drug-likeness (QED) is 0.866. The molecule has 0 N–H and O–H groups in total. The van der Waals surface area contributed by atoms with Gasteiger partial charge in [-0.1, -0.05) is 0 Å². The van der Waals surface area contributed by atoms with Crippen molar-refractivity contribution in [3.8, 4) is 6.07 Å². The fourth-order valence-corrected chi connectivity index (χ4v) is 3.00. The third kappa shape index (κ3) is 2.88. The molecule has 0 unspecified atom stereocenters. The maximum atomic E-state index is 12.8. The zero-order chi connectivity index (χ0) is 16.4. The Morgan fingerprint density at radius 1 is 1.48 bits per heavy atom. The van der Waals surface area contributed by atoms with Crippen LogP contribution in [-0.2, 0) is 11.3 Å². The van der Waals surface area contributed by atoms with Crippen LogP contribution >= 0.6 is 0 Å². The summed E-state index contributed by atoms with van der Waals surface area (Å²) in [6, 6.07) is 7.11. The van der Waals surface area contributed by atoms with E-state index in [9.17, 15) is 4.79 Å². The van der Waals surface area contributed by atoms with Gasteiger partial charge in [0, 0.05) is 19.7 Å². The zero-order valence-electron chi connectivity index (χ0n) is 13.2. The van der Waals surface area contributed by atoms with E-state index >= 15 is 0 Å². The molecule has 0 radical (unpaired) electrons. The Hall–Kier alpha value is -2.52. The minimum atomic E-state index is -0.125. The molecular formula is C17H18N2O4. The Bertz CT molecular complexity index is 753. The summed E-state index contributed by atoms with van der Waals surface area (Å²) in [6.45, 7) is 2.77. The highest BCUT2D eigenvalue weighted by Gasteiger charge is 2.34. The van der Waals surface area contributed by atoms with Gasteiger partial charge in [-0.15, -0.1) is 0 Å². The van der Waals surface area contributed by atoms with E-state index in [-0.39, 0.29) is 17.7 Å². The summed E-state index contributed by atoms with van der Waals surface area (Å²) in [5, 5.41) is 8.91. The van der Waals surface area contributed by atoms with Crippen molar-refractivity contribution >= 4 is 5.91 Å². The van der Waals surface area contributed by atoms with Crippen LogP contribution in [0.25, 0.3) is 0 Å². The van der Waals surface area contributed by atoms with Crippen LogP contribution in [0.5, 0.6) is 0 Å². The topological polar surface area (TPSA) is 79.6 Å². The molecule has 0 bridgehead atoms. The number of likely N-dealkylation sites (tertiary alicyclic amines) is 1. The molecule has 23 heavy (non-hydrogen) atoms. The van der Waals surface area contributed by atoms with Crippen molar-refractivity contribution in [2.75, 3.05) is 13.7 Å². The van der Waals surface area contributed by atoms with Crippen molar-refractivity contribution in [1.82, 2.24) is 4.90 Å². The number of nitriles is 1. The molecule has 1 amide bonds. The third-order valence-electron chi connectivity index (χ3n) is 4.07. The van der Waals surface area contributed by atoms with Crippen molar-refractivity contribution in [1.29, 1.82) is 5.26 Å². The second kappa shape index (κ2) is 6.31. The first kappa shape index (κ1) is 15.4. The van der Waals surface area contributed by atoms with Gasteiger partial charge >= 0.3 is 0 Å². The Kier molecular flexibility index (Phi) is 4.22. The van der Waals surface area contributed by atoms with Crippen molar-refractivity contribution < 1.29 is 18.4 Å². The summed E-state index contributed by atoms with van der Waals surface area (Å²) in [4.78, 5) is 14.6. The number of methoxy groups -OCH3 is 1. The molecule has 1 aliphatic rings. The van der Waals surface area contributed by atoms with Gasteiger partial charge in [0.1, 0.15) is 30.0 Å². The Morgan fingerprint density at radius 3 is 3.00 bits per heavy atom. The molecule has 2 aromatic heterocycles. The number of carbonyl (C=O) groups is 1. The van der Waals surface area contributed by atoms with Crippen LogP contribution < -0.4 is 0 Å². The SMILES string of the molecule is COCc1ccc([C@@H]2CCCN2C(=O)c2cc(C#N)oc2C)o1. The molecule has 1 saturated heterocycles. The van der Waals surface area contributed by atoms with Crippen LogP contribution in [0.3, 0.4) is 0 Å². The number of rotatable bonds is 4. The standard InChI is InChI=1S/C17H18N2O4/c1-11-14(8-13(9-18)22-11)17(20)19-7-3-4-15(19)16-6-5-12(23-16)10-21-2/h5-6,8,15H,3-4,7,10H2,1-2H3/t15-/m0/s1. The lowest BCUT2D eigenvalue weighted by Crippen LogP contribution is -2.30. The van der Waals surface area contributed by atoms with Gasteiger partial charge in [0.25, 0.3) is 5.91 Å². The van der Waals surface area contributed by atoms with Gasteiger partial charge < -0.3 is 18.5 Å². The molecule has 0 spiro atoms. The molecule has 1 atom stereocenters. The predicted molar refractivity (Wildman–Crippen MR) is 80.6 cm³/mol. The highest BCUT2D eigenvalue weighted by Crippen LogP contribution is 2.35. The first-order valence-electron chi connectivity index (χ1n) is 7.53. The van der Waals surface area contributed by atoms with Crippen LogP contribution in [0.15, 0.2) is 27.0 Å². The van der Waals surface area contributed by atoms with E-state index in [1.54, 1.807) is 18.9 Å².